The number of phosphoric acid groups is 1. The first kappa shape index (κ1) is 38.3. The summed E-state index contributed by atoms with van der Waals surface area (Å²) in [5, 5.41) is 8.36. The van der Waals surface area contributed by atoms with Crippen LogP contribution in [-0.2, 0) is 26.0 Å². The van der Waals surface area contributed by atoms with E-state index in [0.29, 0.717) is 37.5 Å². The van der Waals surface area contributed by atoms with Crippen molar-refractivity contribution in [2.75, 3.05) is 49.2 Å². The van der Waals surface area contributed by atoms with Gasteiger partial charge in [-0.3, -0.25) is 4.57 Å². The van der Waals surface area contributed by atoms with Crippen LogP contribution in [0.5, 0.6) is 5.75 Å². The molecule has 55 heavy (non-hydrogen) atoms. The minimum Gasteiger partial charge on any atom is -0.756 e. The number of hydrogen-bond acceptors (Lipinski definition) is 11. The number of rotatable bonds is 14. The Bertz CT molecular complexity index is 2160. The molecule has 7 rings (SSSR count). The van der Waals surface area contributed by atoms with Crippen molar-refractivity contribution < 1.29 is 37.1 Å². The SMILES string of the molecule is CC[C@@H]([C@H](C)OP(=O)([O-])O)n1ncn(-c2ccc(N3CCN(c4ccc(OC[C@@H]5CO[C@@](Cn6cncn6)(c6ccc(F)cc6F)C5)cc4)CC3)cc2)c1=O. The van der Waals surface area contributed by atoms with Crippen LogP contribution >= 0.6 is 7.82 Å². The summed E-state index contributed by atoms with van der Waals surface area (Å²) in [5.41, 5.74) is 1.48. The predicted molar refractivity (Wildman–Crippen MR) is 196 cm³/mol. The van der Waals surface area contributed by atoms with Gasteiger partial charge in [0, 0.05) is 55.1 Å². The van der Waals surface area contributed by atoms with Gasteiger partial charge in [-0.1, -0.05) is 13.0 Å². The monoisotopic (exact) mass is 779 g/mol. The van der Waals surface area contributed by atoms with Crippen molar-refractivity contribution in [1.29, 1.82) is 0 Å². The summed E-state index contributed by atoms with van der Waals surface area (Å²) in [5.74, 6) is -0.642. The van der Waals surface area contributed by atoms with Crippen molar-refractivity contribution in [2.45, 2.75) is 51.0 Å². The molecule has 2 aliphatic heterocycles. The van der Waals surface area contributed by atoms with Gasteiger partial charge in [0.05, 0.1) is 37.6 Å². The summed E-state index contributed by atoms with van der Waals surface area (Å²) in [6, 6.07) is 18.4. The topological polar surface area (TPSA) is 165 Å². The molecule has 2 saturated heterocycles. The lowest BCUT2D eigenvalue weighted by molar-refractivity contribution is -0.224. The molecule has 1 unspecified atom stereocenters. The molecule has 4 heterocycles. The van der Waals surface area contributed by atoms with Crippen molar-refractivity contribution in [3.05, 3.63) is 113 Å². The van der Waals surface area contributed by atoms with Crippen LogP contribution in [0.15, 0.2) is 90.5 Å². The highest BCUT2D eigenvalue weighted by atomic mass is 31.2. The molecule has 0 amide bonds. The molecule has 0 aliphatic carbocycles. The van der Waals surface area contributed by atoms with Gasteiger partial charge in [-0.05, 0) is 74.4 Å². The van der Waals surface area contributed by atoms with Gasteiger partial charge in [0.25, 0.3) is 7.82 Å². The molecular formula is C37H42F2N8O7P-. The number of benzene rings is 3. The smallest absolute Gasteiger partial charge is 0.350 e. The number of ether oxygens (including phenoxy) is 2. The highest BCUT2D eigenvalue weighted by Gasteiger charge is 2.44. The maximum absolute atomic E-state index is 15.0. The van der Waals surface area contributed by atoms with E-state index in [4.69, 9.17) is 18.9 Å². The van der Waals surface area contributed by atoms with E-state index in [1.807, 2.05) is 48.5 Å². The standard InChI is InChI=1S/C37H43F2N8O7P/c1-3-35(26(2)54-55(49,50)51)47-36(48)46(25-42-47)31-7-5-29(6-8-31)43-14-16-44(17-15-43)30-9-11-32(12-10-30)52-20-27-19-37(53-21-27,22-45-24-40-23-41-45)33-13-4-28(38)18-34(33)39/h4-13,18,23-27,35H,3,14-17,19-22H2,1-2H3,(H2,49,50,51)/p-1/t26-,27+,35-,37-/m0/s1. The molecule has 5 atom stereocenters. The van der Waals surface area contributed by atoms with E-state index in [-0.39, 0.29) is 18.0 Å². The first-order valence-electron chi connectivity index (χ1n) is 18.0. The zero-order chi connectivity index (χ0) is 38.7. The maximum Gasteiger partial charge on any atom is 0.350 e. The molecule has 292 valence electrons. The molecule has 18 heteroatoms. The second-order valence-electron chi connectivity index (χ2n) is 13.9. The van der Waals surface area contributed by atoms with E-state index >= 15 is 0 Å². The zero-order valence-corrected chi connectivity index (χ0v) is 31.3. The molecular weight excluding hydrogens is 737 g/mol. The van der Waals surface area contributed by atoms with E-state index in [9.17, 15) is 23.0 Å². The van der Waals surface area contributed by atoms with Crippen LogP contribution < -0.4 is 25.1 Å². The first-order valence-corrected chi connectivity index (χ1v) is 19.5. The summed E-state index contributed by atoms with van der Waals surface area (Å²) in [6.07, 6.45) is 4.15. The molecule has 0 bridgehead atoms. The van der Waals surface area contributed by atoms with Gasteiger partial charge in [0.2, 0.25) is 0 Å². The van der Waals surface area contributed by atoms with Gasteiger partial charge in [-0.25, -0.2) is 32.5 Å². The Labute approximate surface area is 315 Å². The third-order valence-corrected chi connectivity index (χ3v) is 10.8. The van der Waals surface area contributed by atoms with Gasteiger partial charge in [0.15, 0.2) is 0 Å². The molecule has 1 N–H and O–H groups in total. The number of halogens is 2. The predicted octanol–water partition coefficient (Wildman–Crippen LogP) is 4.06. The average Bonchev–Trinajstić information content (AvgIpc) is 3.92. The minimum atomic E-state index is -4.98. The van der Waals surface area contributed by atoms with Crippen LogP contribution in [0.3, 0.4) is 0 Å². The van der Waals surface area contributed by atoms with Crippen molar-refractivity contribution in [3.63, 3.8) is 0 Å². The van der Waals surface area contributed by atoms with E-state index in [1.165, 1.54) is 41.0 Å². The van der Waals surface area contributed by atoms with E-state index in [1.54, 1.807) is 17.9 Å². The van der Waals surface area contributed by atoms with Crippen molar-refractivity contribution in [1.82, 2.24) is 29.1 Å². The van der Waals surface area contributed by atoms with Crippen LogP contribution in [0.2, 0.25) is 0 Å². The van der Waals surface area contributed by atoms with Crippen LogP contribution in [0.4, 0.5) is 20.2 Å². The fraction of sp³-hybridized carbons (Fsp3) is 0.405. The van der Waals surface area contributed by atoms with Crippen molar-refractivity contribution >= 4 is 19.2 Å². The molecule has 5 aromatic rings. The number of nitrogens with zero attached hydrogens (tertiary/aromatic N) is 8. The number of aromatic nitrogens is 6. The summed E-state index contributed by atoms with van der Waals surface area (Å²) in [6.45, 7) is 7.33. The van der Waals surface area contributed by atoms with Gasteiger partial charge in [-0.2, -0.15) is 10.2 Å². The Hall–Kier alpha value is -4.93. The number of hydrogen-bond donors (Lipinski definition) is 1. The number of piperazine rings is 1. The third-order valence-electron chi connectivity index (χ3n) is 10.2. The normalized spacial score (nSPS) is 21.0. The van der Waals surface area contributed by atoms with Crippen LogP contribution in [-0.4, -0.2) is 79.5 Å². The highest BCUT2D eigenvalue weighted by molar-refractivity contribution is 7.44. The van der Waals surface area contributed by atoms with E-state index < -0.39 is 42.9 Å². The maximum atomic E-state index is 15.0. The van der Waals surface area contributed by atoms with Crippen LogP contribution in [0, 0.1) is 17.6 Å². The molecule has 2 aliphatic rings. The summed E-state index contributed by atoms with van der Waals surface area (Å²) < 4.78 is 61.2. The average molecular weight is 780 g/mol. The molecule has 0 radical (unpaired) electrons. The lowest BCUT2D eigenvalue weighted by Gasteiger charge is -2.37. The molecule has 15 nitrogen and oxygen atoms in total. The van der Waals surface area contributed by atoms with Gasteiger partial charge in [-0.15, -0.1) is 0 Å². The Morgan fingerprint density at radius 2 is 1.64 bits per heavy atom. The van der Waals surface area contributed by atoms with E-state index in [2.05, 4.69) is 25.0 Å². The summed E-state index contributed by atoms with van der Waals surface area (Å²) in [4.78, 5) is 42.1. The Morgan fingerprint density at radius 1 is 0.982 bits per heavy atom. The molecule has 3 aromatic carbocycles. The second-order valence-corrected chi connectivity index (χ2v) is 15.0. The third kappa shape index (κ3) is 8.66. The van der Waals surface area contributed by atoms with Gasteiger partial charge >= 0.3 is 5.69 Å². The lowest BCUT2D eigenvalue weighted by Crippen LogP contribution is -2.46. The van der Waals surface area contributed by atoms with Crippen LogP contribution in [0.1, 0.15) is 38.3 Å². The molecule has 0 spiro atoms. The Morgan fingerprint density at radius 3 is 2.24 bits per heavy atom. The van der Waals surface area contributed by atoms with Crippen molar-refractivity contribution in [3.8, 4) is 11.4 Å². The Kier molecular flexibility index (Phi) is 11.2. The first-order chi connectivity index (χ1) is 26.4. The number of anilines is 2. The highest BCUT2D eigenvalue weighted by Crippen LogP contribution is 2.42. The summed E-state index contributed by atoms with van der Waals surface area (Å²) in [7, 11) is -4.98. The molecule has 2 aromatic heterocycles. The summed E-state index contributed by atoms with van der Waals surface area (Å²) >= 11 is 0. The van der Waals surface area contributed by atoms with Crippen molar-refractivity contribution in [2.24, 2.45) is 5.92 Å². The molecule has 2 fully saturated rings. The zero-order valence-electron chi connectivity index (χ0n) is 30.4. The van der Waals surface area contributed by atoms with E-state index in [0.717, 1.165) is 43.6 Å². The fourth-order valence-electron chi connectivity index (χ4n) is 7.51. The lowest BCUT2D eigenvalue weighted by atomic mass is 9.87. The largest absolute Gasteiger partial charge is 0.756 e. The second kappa shape index (κ2) is 16.0. The van der Waals surface area contributed by atoms with Gasteiger partial charge < -0.3 is 33.6 Å². The van der Waals surface area contributed by atoms with Crippen LogP contribution in [0.25, 0.3) is 5.69 Å². The quantitative estimate of drug-likeness (QED) is 0.161. The Balaban J connectivity index is 0.918. The fourth-order valence-corrected chi connectivity index (χ4v) is 8.07. The van der Waals surface area contributed by atoms with Gasteiger partial charge in [0.1, 0.15) is 42.0 Å². The molecule has 0 saturated carbocycles. The minimum absolute atomic E-state index is 0.0356. The number of phosphoric ester groups is 1.